The Labute approximate surface area is 155 Å². The maximum atomic E-state index is 13.4. The van der Waals surface area contributed by atoms with Crippen LogP contribution in [0.5, 0.6) is 0 Å². The lowest BCUT2D eigenvalue weighted by Gasteiger charge is -2.07. The summed E-state index contributed by atoms with van der Waals surface area (Å²) >= 11 is 0. The second kappa shape index (κ2) is 6.36. The van der Waals surface area contributed by atoms with Gasteiger partial charge < -0.3 is 9.67 Å². The molecule has 5 nitrogen and oxygen atoms in total. The second-order valence-corrected chi connectivity index (χ2v) is 6.42. The first-order chi connectivity index (χ1) is 13.0. The third-order valence-corrected chi connectivity index (χ3v) is 5.00. The molecule has 1 N–H and O–H groups in total. The molecule has 0 saturated carbocycles. The quantitative estimate of drug-likeness (QED) is 0.547. The molecule has 2 aromatic carbocycles. The number of hydrogen-bond donors (Lipinski definition) is 1. The summed E-state index contributed by atoms with van der Waals surface area (Å²) in [6.45, 7) is 4.65. The van der Waals surface area contributed by atoms with E-state index < -0.39 is 5.97 Å². The molecule has 0 saturated heterocycles. The first-order valence-corrected chi connectivity index (χ1v) is 8.78. The lowest BCUT2D eigenvalue weighted by atomic mass is 9.98. The zero-order chi connectivity index (χ0) is 19.1. The molecular weight excluding hydrogens is 340 g/mol. The molecule has 0 unspecified atom stereocenters. The molecule has 0 atom stereocenters. The fourth-order valence-electron chi connectivity index (χ4n) is 3.82. The molecule has 0 aliphatic rings. The lowest BCUT2D eigenvalue weighted by Crippen LogP contribution is -2.12. The van der Waals surface area contributed by atoms with Crippen LogP contribution in [-0.4, -0.2) is 26.4 Å². The monoisotopic (exact) mass is 358 g/mol. The van der Waals surface area contributed by atoms with Gasteiger partial charge in [-0.05, 0) is 31.4 Å². The van der Waals surface area contributed by atoms with Gasteiger partial charge in [0.1, 0.15) is 0 Å². The topological polar surface area (TPSA) is 72.2 Å². The molecule has 27 heavy (non-hydrogen) atoms. The Balaban J connectivity index is 2.06. The van der Waals surface area contributed by atoms with Gasteiger partial charge in [0.2, 0.25) is 0 Å². The summed E-state index contributed by atoms with van der Waals surface area (Å²) in [7, 11) is 0. The minimum atomic E-state index is -1.21. The average molecular weight is 358 g/mol. The molecular formula is C22H18N2O3. The number of carbonyl (C=O) groups excluding carboxylic acids is 1. The van der Waals surface area contributed by atoms with Crippen molar-refractivity contribution >= 4 is 33.4 Å². The molecule has 134 valence electrons. The van der Waals surface area contributed by atoms with Gasteiger partial charge in [0, 0.05) is 29.2 Å². The molecule has 0 spiro atoms. The Morgan fingerprint density at radius 1 is 1.04 bits per heavy atom. The number of ketones is 1. The van der Waals surface area contributed by atoms with Crippen molar-refractivity contribution in [2.75, 3.05) is 0 Å². The molecule has 0 radical (unpaired) electrons. The molecule has 5 heteroatoms. The highest BCUT2D eigenvalue weighted by molar-refractivity contribution is 6.23. The second-order valence-electron chi connectivity index (χ2n) is 6.42. The summed E-state index contributed by atoms with van der Waals surface area (Å²) in [6.07, 6.45) is 1.38. The number of nitrogens with zero attached hydrogens (tertiary/aromatic N) is 2. The van der Waals surface area contributed by atoms with Crippen molar-refractivity contribution in [3.05, 3.63) is 77.2 Å². The highest BCUT2D eigenvalue weighted by atomic mass is 16.4. The van der Waals surface area contributed by atoms with E-state index >= 15 is 0 Å². The molecule has 4 aromatic rings. The van der Waals surface area contributed by atoms with E-state index in [1.807, 2.05) is 50.2 Å². The van der Waals surface area contributed by atoms with Crippen LogP contribution in [0.15, 0.2) is 54.7 Å². The van der Waals surface area contributed by atoms with Gasteiger partial charge in [0.25, 0.3) is 0 Å². The minimum Gasteiger partial charge on any atom is -0.476 e. The Hall–Kier alpha value is -3.47. The van der Waals surface area contributed by atoms with E-state index in [-0.39, 0.29) is 17.0 Å². The lowest BCUT2D eigenvalue weighted by molar-refractivity contribution is 0.0686. The van der Waals surface area contributed by atoms with Crippen LogP contribution in [0.1, 0.15) is 39.0 Å². The smallest absolute Gasteiger partial charge is 0.355 e. The van der Waals surface area contributed by atoms with Crippen molar-refractivity contribution in [1.82, 2.24) is 9.55 Å². The third-order valence-electron chi connectivity index (χ3n) is 5.00. The van der Waals surface area contributed by atoms with E-state index in [9.17, 15) is 14.7 Å². The molecule has 0 fully saturated rings. The van der Waals surface area contributed by atoms with E-state index in [0.29, 0.717) is 12.1 Å². The fraction of sp³-hybridized carbons (Fsp3) is 0.136. The zero-order valence-electron chi connectivity index (χ0n) is 15.1. The summed E-state index contributed by atoms with van der Waals surface area (Å²) in [4.78, 5) is 28.8. The summed E-state index contributed by atoms with van der Waals surface area (Å²) in [6, 6.07) is 15.1. The van der Waals surface area contributed by atoms with Gasteiger partial charge in [0.05, 0.1) is 16.6 Å². The number of pyridine rings is 1. The van der Waals surface area contributed by atoms with Crippen LogP contribution in [-0.2, 0) is 6.54 Å². The predicted octanol–water partition coefficient (Wildman–Crippen LogP) is 4.45. The van der Waals surface area contributed by atoms with Gasteiger partial charge in [-0.3, -0.25) is 4.79 Å². The maximum Gasteiger partial charge on any atom is 0.355 e. The number of aromatic carboxylic acids is 1. The number of rotatable bonds is 4. The Morgan fingerprint density at radius 3 is 2.56 bits per heavy atom. The molecule has 4 rings (SSSR count). The van der Waals surface area contributed by atoms with Crippen LogP contribution in [0, 0.1) is 6.92 Å². The van der Waals surface area contributed by atoms with E-state index in [2.05, 4.69) is 9.55 Å². The van der Waals surface area contributed by atoms with E-state index in [1.165, 1.54) is 12.3 Å². The number of benzene rings is 2. The van der Waals surface area contributed by atoms with Crippen molar-refractivity contribution < 1.29 is 14.7 Å². The number of carbonyl (C=O) groups is 2. The summed E-state index contributed by atoms with van der Waals surface area (Å²) in [5.74, 6) is -1.52. The van der Waals surface area contributed by atoms with Gasteiger partial charge >= 0.3 is 5.97 Å². The number of carboxylic acid groups (broad SMARTS) is 1. The van der Waals surface area contributed by atoms with Crippen molar-refractivity contribution in [3.8, 4) is 0 Å². The summed E-state index contributed by atoms with van der Waals surface area (Å²) in [5, 5.41) is 12.4. The molecule has 2 aromatic heterocycles. The largest absolute Gasteiger partial charge is 0.476 e. The van der Waals surface area contributed by atoms with Crippen LogP contribution in [0.25, 0.3) is 21.7 Å². The molecule has 2 heterocycles. The van der Waals surface area contributed by atoms with Crippen molar-refractivity contribution in [1.29, 1.82) is 0 Å². The number of aromatic nitrogens is 2. The van der Waals surface area contributed by atoms with Crippen LogP contribution in [0.2, 0.25) is 0 Å². The first kappa shape index (κ1) is 17.0. The number of aryl methyl sites for hydroxylation is 1. The Morgan fingerprint density at radius 2 is 1.81 bits per heavy atom. The highest BCUT2D eigenvalue weighted by Gasteiger charge is 2.25. The zero-order valence-corrected chi connectivity index (χ0v) is 15.1. The Bertz CT molecular complexity index is 1220. The van der Waals surface area contributed by atoms with Crippen molar-refractivity contribution in [3.63, 3.8) is 0 Å². The highest BCUT2D eigenvalue weighted by Crippen LogP contribution is 2.33. The van der Waals surface area contributed by atoms with Gasteiger partial charge in [0.15, 0.2) is 11.5 Å². The summed E-state index contributed by atoms with van der Waals surface area (Å²) in [5.41, 5.74) is 2.25. The van der Waals surface area contributed by atoms with Gasteiger partial charge in [-0.1, -0.05) is 36.4 Å². The van der Waals surface area contributed by atoms with Crippen LogP contribution < -0.4 is 0 Å². The fourth-order valence-corrected chi connectivity index (χ4v) is 3.82. The van der Waals surface area contributed by atoms with Gasteiger partial charge in [-0.25, -0.2) is 9.78 Å². The van der Waals surface area contributed by atoms with Gasteiger partial charge in [-0.2, -0.15) is 0 Å². The van der Waals surface area contributed by atoms with E-state index in [0.717, 1.165) is 27.4 Å². The van der Waals surface area contributed by atoms with E-state index in [1.54, 1.807) is 6.07 Å². The number of hydrogen-bond acceptors (Lipinski definition) is 3. The normalized spacial score (nSPS) is 11.2. The molecule has 0 amide bonds. The predicted molar refractivity (Wildman–Crippen MR) is 104 cm³/mol. The van der Waals surface area contributed by atoms with Crippen molar-refractivity contribution in [2.45, 2.75) is 20.4 Å². The Kier molecular flexibility index (Phi) is 4.00. The van der Waals surface area contributed by atoms with Crippen LogP contribution in [0.3, 0.4) is 0 Å². The van der Waals surface area contributed by atoms with Gasteiger partial charge in [-0.15, -0.1) is 0 Å². The number of carboxylic acids is 1. The standard InChI is InChI=1S/C22H18N2O3/c1-3-24-13(2)18(21(25)17-9-6-12-23-19(17)22(26)27)16-11-10-14-7-4-5-8-15(14)20(16)24/h4-12H,3H2,1-2H3,(H,26,27). The first-order valence-electron chi connectivity index (χ1n) is 8.78. The van der Waals surface area contributed by atoms with Crippen LogP contribution in [0.4, 0.5) is 0 Å². The molecule has 0 aliphatic carbocycles. The summed E-state index contributed by atoms with van der Waals surface area (Å²) < 4.78 is 2.11. The number of fused-ring (bicyclic) bond motifs is 3. The minimum absolute atomic E-state index is 0.108. The molecule has 0 bridgehead atoms. The maximum absolute atomic E-state index is 13.4. The average Bonchev–Trinajstić information content (AvgIpc) is 2.98. The molecule has 0 aliphatic heterocycles. The van der Waals surface area contributed by atoms with Crippen LogP contribution >= 0.6 is 0 Å². The van der Waals surface area contributed by atoms with E-state index in [4.69, 9.17) is 0 Å². The SMILES string of the molecule is CCn1c(C)c(C(=O)c2cccnc2C(=O)O)c2ccc3ccccc3c21. The third kappa shape index (κ3) is 2.51. The van der Waals surface area contributed by atoms with Crippen molar-refractivity contribution in [2.24, 2.45) is 0 Å².